The van der Waals surface area contributed by atoms with E-state index < -0.39 is 0 Å². The summed E-state index contributed by atoms with van der Waals surface area (Å²) in [6, 6.07) is 7.87. The van der Waals surface area contributed by atoms with Crippen molar-refractivity contribution in [2.45, 2.75) is 6.92 Å². The molecule has 2 N–H and O–H groups in total. The highest BCUT2D eigenvalue weighted by atomic mass is 79.9. The third-order valence-corrected chi connectivity index (χ3v) is 4.29. The van der Waals surface area contributed by atoms with Crippen molar-refractivity contribution in [1.29, 1.82) is 0 Å². The Hall–Kier alpha value is -1.66. The molecule has 0 bridgehead atoms. The molecule has 3 nitrogen and oxygen atoms in total. The van der Waals surface area contributed by atoms with E-state index in [9.17, 15) is 4.39 Å². The Morgan fingerprint density at radius 2 is 2.05 bits per heavy atom. The number of thiazole rings is 1. The van der Waals surface area contributed by atoms with Crippen LogP contribution in [0.25, 0.3) is 10.2 Å². The summed E-state index contributed by atoms with van der Waals surface area (Å²) in [6.45, 7) is 1.94. The molecule has 0 atom stereocenters. The van der Waals surface area contributed by atoms with E-state index in [2.05, 4.69) is 20.9 Å². The van der Waals surface area contributed by atoms with Crippen LogP contribution in [-0.4, -0.2) is 4.98 Å². The molecule has 0 aliphatic heterocycles. The van der Waals surface area contributed by atoms with Crippen LogP contribution >= 0.6 is 27.3 Å². The van der Waals surface area contributed by atoms with Crippen LogP contribution < -0.4 is 10.5 Å². The normalized spacial score (nSPS) is 10.9. The molecule has 0 aliphatic rings. The molecule has 1 aromatic heterocycles. The first-order chi connectivity index (χ1) is 9.52. The number of nitrogens with zero attached hydrogens (tertiary/aromatic N) is 1. The van der Waals surface area contributed by atoms with E-state index in [1.807, 2.05) is 13.0 Å². The zero-order chi connectivity index (χ0) is 14.3. The molecular weight excluding hydrogens is 343 g/mol. The first-order valence-corrected chi connectivity index (χ1v) is 7.43. The van der Waals surface area contributed by atoms with E-state index in [4.69, 9.17) is 10.5 Å². The fourth-order valence-electron chi connectivity index (χ4n) is 1.85. The molecule has 0 saturated carbocycles. The van der Waals surface area contributed by atoms with Crippen LogP contribution in [0.5, 0.6) is 11.5 Å². The van der Waals surface area contributed by atoms with Crippen molar-refractivity contribution in [2.75, 3.05) is 5.73 Å². The molecule has 0 unspecified atom stereocenters. The molecular formula is C14H10BrFN2OS. The van der Waals surface area contributed by atoms with Gasteiger partial charge in [0.2, 0.25) is 0 Å². The van der Waals surface area contributed by atoms with Gasteiger partial charge < -0.3 is 10.5 Å². The highest BCUT2D eigenvalue weighted by Crippen LogP contribution is 2.36. The first kappa shape index (κ1) is 13.3. The highest BCUT2D eigenvalue weighted by molar-refractivity contribution is 9.10. The number of rotatable bonds is 2. The van der Waals surface area contributed by atoms with Gasteiger partial charge in [-0.05, 0) is 47.1 Å². The molecule has 1 heterocycles. The Balaban J connectivity index is 2.03. The number of fused-ring (bicyclic) bond motifs is 1. The summed E-state index contributed by atoms with van der Waals surface area (Å²) in [7, 11) is 0. The predicted octanol–water partition coefficient (Wildman–Crippen LogP) is 4.88. The average Bonchev–Trinajstić information content (AvgIpc) is 2.72. The maximum absolute atomic E-state index is 13.1. The van der Waals surface area contributed by atoms with E-state index in [-0.39, 0.29) is 5.82 Å². The van der Waals surface area contributed by atoms with E-state index in [0.29, 0.717) is 21.7 Å². The van der Waals surface area contributed by atoms with Gasteiger partial charge in [0, 0.05) is 6.07 Å². The van der Waals surface area contributed by atoms with Crippen LogP contribution in [0.15, 0.2) is 34.8 Å². The molecule has 3 rings (SSSR count). The smallest absolute Gasteiger partial charge is 0.152 e. The van der Waals surface area contributed by atoms with Crippen molar-refractivity contribution < 1.29 is 9.13 Å². The molecule has 6 heteroatoms. The molecule has 102 valence electrons. The van der Waals surface area contributed by atoms with Crippen LogP contribution in [0.4, 0.5) is 10.1 Å². The fraction of sp³-hybridized carbons (Fsp3) is 0.0714. The maximum Gasteiger partial charge on any atom is 0.152 e. The van der Waals surface area contributed by atoms with Gasteiger partial charge in [0.05, 0.1) is 25.4 Å². The molecule has 0 amide bonds. The van der Waals surface area contributed by atoms with Crippen molar-refractivity contribution in [3.8, 4) is 11.5 Å². The molecule has 0 radical (unpaired) electrons. The predicted molar refractivity (Wildman–Crippen MR) is 82.9 cm³/mol. The lowest BCUT2D eigenvalue weighted by atomic mass is 10.2. The summed E-state index contributed by atoms with van der Waals surface area (Å²) in [6.07, 6.45) is 0. The van der Waals surface area contributed by atoms with Gasteiger partial charge in [-0.1, -0.05) is 0 Å². The Morgan fingerprint density at radius 3 is 2.80 bits per heavy atom. The zero-order valence-corrected chi connectivity index (χ0v) is 12.9. The Labute approximate surface area is 127 Å². The molecule has 3 aromatic rings. The van der Waals surface area contributed by atoms with Gasteiger partial charge in [-0.3, -0.25) is 0 Å². The third-order valence-electron chi connectivity index (χ3n) is 2.74. The largest absolute Gasteiger partial charge is 0.454 e. The molecule has 0 fully saturated rings. The van der Waals surface area contributed by atoms with E-state index >= 15 is 0 Å². The number of aryl methyl sites for hydroxylation is 1. The van der Waals surface area contributed by atoms with Gasteiger partial charge in [0.25, 0.3) is 0 Å². The molecule has 0 aliphatic carbocycles. The van der Waals surface area contributed by atoms with E-state index in [1.54, 1.807) is 23.5 Å². The summed E-state index contributed by atoms with van der Waals surface area (Å²) >= 11 is 4.84. The minimum atomic E-state index is -0.331. The minimum Gasteiger partial charge on any atom is -0.454 e. The van der Waals surface area contributed by atoms with Gasteiger partial charge in [0.15, 0.2) is 5.75 Å². The number of nitrogen functional groups attached to an aromatic ring is 1. The lowest BCUT2D eigenvalue weighted by Crippen LogP contribution is -1.93. The molecule has 0 saturated heterocycles. The Kier molecular flexibility index (Phi) is 3.35. The molecule has 0 spiro atoms. The second-order valence-corrected chi connectivity index (χ2v) is 6.36. The summed E-state index contributed by atoms with van der Waals surface area (Å²) in [4.78, 5) is 4.40. The molecule has 20 heavy (non-hydrogen) atoms. The van der Waals surface area contributed by atoms with Crippen LogP contribution in [0, 0.1) is 12.7 Å². The number of hydrogen-bond donors (Lipinski definition) is 1. The SMILES string of the molecule is Cc1nc2cc(Oc3ccc(F)cc3Br)c(N)cc2s1. The standard InChI is InChI=1S/C14H10BrFN2OS/c1-7-18-11-6-13(10(17)5-14(11)20-7)19-12-3-2-8(16)4-9(12)15/h2-6H,17H2,1H3. The van der Waals surface area contributed by atoms with E-state index in [0.717, 1.165) is 15.2 Å². The zero-order valence-electron chi connectivity index (χ0n) is 10.5. The summed E-state index contributed by atoms with van der Waals surface area (Å²) in [5.41, 5.74) is 7.36. The van der Waals surface area contributed by atoms with Crippen molar-refractivity contribution in [3.63, 3.8) is 0 Å². The lowest BCUT2D eigenvalue weighted by Gasteiger charge is -2.10. The fourth-order valence-corrected chi connectivity index (χ4v) is 3.14. The van der Waals surface area contributed by atoms with Gasteiger partial charge in [0.1, 0.15) is 11.6 Å². The van der Waals surface area contributed by atoms with Crippen molar-refractivity contribution in [3.05, 3.63) is 45.6 Å². The highest BCUT2D eigenvalue weighted by Gasteiger charge is 2.10. The minimum absolute atomic E-state index is 0.331. The quantitative estimate of drug-likeness (QED) is 0.668. The second-order valence-electron chi connectivity index (χ2n) is 4.27. The average molecular weight is 353 g/mol. The van der Waals surface area contributed by atoms with Crippen molar-refractivity contribution in [1.82, 2.24) is 4.98 Å². The number of halogens is 2. The number of benzene rings is 2. The van der Waals surface area contributed by atoms with E-state index in [1.165, 1.54) is 12.1 Å². The number of anilines is 1. The van der Waals surface area contributed by atoms with Gasteiger partial charge >= 0.3 is 0 Å². The van der Waals surface area contributed by atoms with Crippen LogP contribution in [0.3, 0.4) is 0 Å². The van der Waals surface area contributed by atoms with Crippen LogP contribution in [0.2, 0.25) is 0 Å². The number of hydrogen-bond acceptors (Lipinski definition) is 4. The van der Waals surface area contributed by atoms with Gasteiger partial charge in [-0.15, -0.1) is 11.3 Å². The second kappa shape index (κ2) is 5.03. The van der Waals surface area contributed by atoms with Gasteiger partial charge in [-0.25, -0.2) is 9.37 Å². The topological polar surface area (TPSA) is 48.1 Å². The first-order valence-electron chi connectivity index (χ1n) is 5.82. The lowest BCUT2D eigenvalue weighted by molar-refractivity contribution is 0.480. The summed E-state index contributed by atoms with van der Waals surface area (Å²) in [5, 5.41) is 0.972. The third kappa shape index (κ3) is 2.48. The Morgan fingerprint density at radius 1 is 1.25 bits per heavy atom. The summed E-state index contributed by atoms with van der Waals surface area (Å²) in [5.74, 6) is 0.683. The number of aromatic nitrogens is 1. The van der Waals surface area contributed by atoms with Gasteiger partial charge in [-0.2, -0.15) is 0 Å². The Bertz CT molecular complexity index is 803. The number of nitrogens with two attached hydrogens (primary N) is 1. The van der Waals surface area contributed by atoms with Crippen LogP contribution in [-0.2, 0) is 0 Å². The maximum atomic E-state index is 13.1. The molecule has 2 aromatic carbocycles. The monoisotopic (exact) mass is 352 g/mol. The van der Waals surface area contributed by atoms with Crippen LogP contribution in [0.1, 0.15) is 5.01 Å². The summed E-state index contributed by atoms with van der Waals surface area (Å²) < 4.78 is 20.3. The van der Waals surface area contributed by atoms with Crippen molar-refractivity contribution in [2.24, 2.45) is 0 Å². The number of ether oxygens (including phenoxy) is 1. The van der Waals surface area contributed by atoms with Crippen molar-refractivity contribution >= 4 is 43.2 Å².